The molecule has 0 saturated heterocycles. The number of rotatable bonds is 4. The summed E-state index contributed by atoms with van der Waals surface area (Å²) in [6.07, 6.45) is 1.11. The van der Waals surface area contributed by atoms with Crippen LogP contribution in [0.25, 0.3) is 0 Å². The first-order valence-corrected chi connectivity index (χ1v) is 11.0. The molecular weight excluding hydrogens is 366 g/mol. The second-order valence-electron chi connectivity index (χ2n) is 10.3. The molecule has 0 spiro atoms. The molecule has 0 bridgehead atoms. The Morgan fingerprint density at radius 3 is 1.83 bits per heavy atom. The molecule has 30 heavy (non-hydrogen) atoms. The molecule has 1 unspecified atom stereocenters. The highest BCUT2D eigenvalue weighted by molar-refractivity contribution is 6.10. The molecule has 3 nitrogen and oxygen atoms in total. The fraction of sp³-hybridized carbons (Fsp3) is 0.481. The van der Waals surface area contributed by atoms with Crippen LogP contribution in [0.3, 0.4) is 0 Å². The van der Waals surface area contributed by atoms with Gasteiger partial charge in [-0.3, -0.25) is 5.41 Å². The van der Waals surface area contributed by atoms with Crippen molar-refractivity contribution >= 4 is 11.7 Å². The monoisotopic (exact) mass is 405 g/mol. The van der Waals surface area contributed by atoms with Crippen LogP contribution >= 0.6 is 0 Å². The third-order valence-corrected chi connectivity index (χ3v) is 5.92. The van der Waals surface area contributed by atoms with Crippen molar-refractivity contribution in [1.82, 2.24) is 4.90 Å². The third kappa shape index (κ3) is 5.81. The molecule has 3 heteroatoms. The van der Waals surface area contributed by atoms with Gasteiger partial charge in [0.2, 0.25) is 0 Å². The van der Waals surface area contributed by atoms with Gasteiger partial charge in [-0.2, -0.15) is 0 Å². The third-order valence-electron chi connectivity index (χ3n) is 5.92. The van der Waals surface area contributed by atoms with Gasteiger partial charge in [0.25, 0.3) is 0 Å². The summed E-state index contributed by atoms with van der Waals surface area (Å²) in [4.78, 5) is 6.95. The molecule has 0 saturated carbocycles. The van der Waals surface area contributed by atoms with Gasteiger partial charge < -0.3 is 4.90 Å². The molecule has 0 aliphatic rings. The van der Waals surface area contributed by atoms with Crippen LogP contribution in [0.1, 0.15) is 90.0 Å². The van der Waals surface area contributed by atoms with Crippen LogP contribution in [0.5, 0.6) is 0 Å². The number of aliphatic imine (C=N–C) groups is 1. The normalized spacial score (nSPS) is 13.8. The minimum atomic E-state index is -0.109. The summed E-state index contributed by atoms with van der Waals surface area (Å²) in [6.45, 7) is 17.6. The van der Waals surface area contributed by atoms with E-state index in [9.17, 15) is 0 Å². The van der Waals surface area contributed by atoms with E-state index in [-0.39, 0.29) is 16.8 Å². The minimum absolute atomic E-state index is 0.107. The Morgan fingerprint density at radius 1 is 0.900 bits per heavy atom. The van der Waals surface area contributed by atoms with E-state index in [0.717, 1.165) is 23.4 Å². The molecular formula is C27H39N3. The summed E-state index contributed by atoms with van der Waals surface area (Å²) >= 11 is 0. The van der Waals surface area contributed by atoms with E-state index in [0.29, 0.717) is 5.92 Å². The maximum atomic E-state index is 8.66. The van der Waals surface area contributed by atoms with Gasteiger partial charge in [-0.15, -0.1) is 0 Å². The molecule has 0 fully saturated rings. The Labute approximate surface area is 183 Å². The van der Waals surface area contributed by atoms with Crippen LogP contribution in [-0.2, 0) is 5.41 Å². The smallest absolute Gasteiger partial charge is 0.154 e. The number of hydrogen-bond donors (Lipinski definition) is 1. The highest BCUT2D eigenvalue weighted by Gasteiger charge is 2.23. The Hall–Kier alpha value is -2.42. The lowest BCUT2D eigenvalue weighted by Crippen LogP contribution is -2.43. The summed E-state index contributed by atoms with van der Waals surface area (Å²) in [7, 11) is 2.05. The van der Waals surface area contributed by atoms with E-state index in [1.165, 1.54) is 11.1 Å². The molecule has 0 aromatic heterocycles. The Morgan fingerprint density at radius 2 is 1.40 bits per heavy atom. The Kier molecular flexibility index (Phi) is 7.28. The van der Waals surface area contributed by atoms with Crippen molar-refractivity contribution in [1.29, 1.82) is 5.41 Å². The number of hydrogen-bond acceptors (Lipinski definition) is 1. The van der Waals surface area contributed by atoms with Gasteiger partial charge >= 0.3 is 0 Å². The zero-order valence-electron chi connectivity index (χ0n) is 20.3. The average molecular weight is 406 g/mol. The lowest BCUT2D eigenvalue weighted by atomic mass is 9.86. The SMILES string of the molecule is CCC(C)c1ccc(C(=N)N=C(c2ccc(C(C)(C)C)cc2)N(C)C(C)(C)C)cc1. The van der Waals surface area contributed by atoms with E-state index in [1.54, 1.807) is 0 Å². The van der Waals surface area contributed by atoms with Crippen molar-refractivity contribution in [3.63, 3.8) is 0 Å². The van der Waals surface area contributed by atoms with Crippen molar-refractivity contribution < 1.29 is 0 Å². The predicted octanol–water partition coefficient (Wildman–Crippen LogP) is 7.00. The molecule has 2 rings (SSSR count). The quantitative estimate of drug-likeness (QED) is 0.431. The molecule has 0 amide bonds. The van der Waals surface area contributed by atoms with Gasteiger partial charge in [0.05, 0.1) is 0 Å². The van der Waals surface area contributed by atoms with Crippen molar-refractivity contribution in [3.8, 4) is 0 Å². The number of nitrogens with zero attached hydrogens (tertiary/aromatic N) is 2. The maximum absolute atomic E-state index is 8.66. The molecule has 0 heterocycles. The number of amidine groups is 2. The number of benzene rings is 2. The predicted molar refractivity (Wildman–Crippen MR) is 131 cm³/mol. The van der Waals surface area contributed by atoms with Crippen molar-refractivity contribution in [2.45, 2.75) is 78.7 Å². The average Bonchev–Trinajstić information content (AvgIpc) is 2.69. The Balaban J connectivity index is 2.44. The summed E-state index contributed by atoms with van der Waals surface area (Å²) in [5.74, 6) is 1.64. The van der Waals surface area contributed by atoms with Crippen LogP contribution in [0.15, 0.2) is 53.5 Å². The van der Waals surface area contributed by atoms with E-state index >= 15 is 0 Å². The first-order valence-electron chi connectivity index (χ1n) is 11.0. The van der Waals surface area contributed by atoms with Gasteiger partial charge in [0.1, 0.15) is 5.84 Å². The van der Waals surface area contributed by atoms with Gasteiger partial charge in [-0.05, 0) is 49.7 Å². The molecule has 0 aliphatic heterocycles. The standard InChI is InChI=1S/C27H39N3/c1-10-19(2)20-11-13-21(14-12-20)24(28)29-25(30(9)27(6,7)8)22-15-17-23(18-16-22)26(3,4)5/h11-19,28H,10H2,1-9H3. The zero-order valence-corrected chi connectivity index (χ0v) is 20.3. The van der Waals surface area contributed by atoms with Gasteiger partial charge in [0, 0.05) is 23.7 Å². The molecule has 1 atom stereocenters. The molecule has 2 aromatic rings. The summed E-state index contributed by atoms with van der Waals surface area (Å²) < 4.78 is 0. The molecule has 2 aromatic carbocycles. The summed E-state index contributed by atoms with van der Waals surface area (Å²) in [5, 5.41) is 8.66. The zero-order chi connectivity index (χ0) is 22.7. The van der Waals surface area contributed by atoms with Crippen molar-refractivity contribution in [2.75, 3.05) is 7.05 Å². The van der Waals surface area contributed by atoms with E-state index < -0.39 is 0 Å². The first-order chi connectivity index (χ1) is 13.8. The lowest BCUT2D eigenvalue weighted by molar-refractivity contribution is 0.282. The second kappa shape index (κ2) is 9.16. The van der Waals surface area contributed by atoms with Crippen LogP contribution in [-0.4, -0.2) is 29.2 Å². The lowest BCUT2D eigenvalue weighted by Gasteiger charge is -2.35. The van der Waals surface area contributed by atoms with Crippen molar-refractivity contribution in [3.05, 3.63) is 70.8 Å². The minimum Gasteiger partial charge on any atom is -0.354 e. The van der Waals surface area contributed by atoms with Gasteiger partial charge in [-0.1, -0.05) is 83.1 Å². The van der Waals surface area contributed by atoms with E-state index in [2.05, 4.69) is 104 Å². The van der Waals surface area contributed by atoms with Crippen LogP contribution < -0.4 is 0 Å². The molecule has 162 valence electrons. The summed E-state index contributed by atoms with van der Waals surface area (Å²) in [6, 6.07) is 16.9. The van der Waals surface area contributed by atoms with E-state index in [1.807, 2.05) is 12.1 Å². The molecule has 0 radical (unpaired) electrons. The largest absolute Gasteiger partial charge is 0.354 e. The Bertz CT molecular complexity index is 876. The molecule has 0 aliphatic carbocycles. The fourth-order valence-electron chi connectivity index (χ4n) is 3.15. The van der Waals surface area contributed by atoms with E-state index in [4.69, 9.17) is 10.4 Å². The fourth-order valence-corrected chi connectivity index (χ4v) is 3.15. The molecule has 1 N–H and O–H groups in total. The summed E-state index contributed by atoms with van der Waals surface area (Å²) in [5.41, 5.74) is 4.47. The highest BCUT2D eigenvalue weighted by Crippen LogP contribution is 2.24. The topological polar surface area (TPSA) is 39.5 Å². The van der Waals surface area contributed by atoms with Crippen molar-refractivity contribution in [2.24, 2.45) is 4.99 Å². The maximum Gasteiger partial charge on any atom is 0.154 e. The van der Waals surface area contributed by atoms with Crippen LogP contribution in [0.4, 0.5) is 0 Å². The van der Waals surface area contributed by atoms with Crippen LogP contribution in [0.2, 0.25) is 0 Å². The van der Waals surface area contributed by atoms with Gasteiger partial charge in [-0.25, -0.2) is 4.99 Å². The number of nitrogens with one attached hydrogen (secondary N) is 1. The van der Waals surface area contributed by atoms with Crippen LogP contribution in [0, 0.1) is 5.41 Å². The second-order valence-corrected chi connectivity index (χ2v) is 10.3. The first kappa shape index (κ1) is 23.9. The highest BCUT2D eigenvalue weighted by atomic mass is 15.2. The van der Waals surface area contributed by atoms with Gasteiger partial charge in [0.15, 0.2) is 5.84 Å².